The zero-order chi connectivity index (χ0) is 24.2. The van der Waals surface area contributed by atoms with E-state index < -0.39 is 0 Å². The molecule has 9 heteroatoms. The number of ether oxygens (including phenoxy) is 1. The molecule has 4 nitrogen and oxygen atoms in total. The number of rotatable bonds is 7. The molecule has 3 aromatic rings. The highest BCUT2D eigenvalue weighted by Crippen LogP contribution is 2.37. The van der Waals surface area contributed by atoms with E-state index in [0.29, 0.717) is 36.3 Å². The standard InChI is InChI=1S/C25H20Cl4N2O2S/c1-2-14-3-7-18(8-4-14)30-25-31-24(32)22(34-25)11-15-9-20(28)23(21(29)10-15)33-13-16-5-6-17(26)12-19(16)27/h3-12,25,30H,2,13H2,1H3,(H,31,32)/b22-11-/t25-/m0/s1. The Balaban J connectivity index is 1.44. The van der Waals surface area contributed by atoms with Crippen LogP contribution in [0, 0.1) is 0 Å². The van der Waals surface area contributed by atoms with E-state index in [9.17, 15) is 4.79 Å². The third-order valence-corrected chi connectivity index (χ3v) is 7.27. The van der Waals surface area contributed by atoms with E-state index >= 15 is 0 Å². The molecule has 34 heavy (non-hydrogen) atoms. The zero-order valence-electron chi connectivity index (χ0n) is 18.0. The number of aryl methyl sites for hydroxylation is 1. The summed E-state index contributed by atoms with van der Waals surface area (Å²) < 4.78 is 5.81. The number of hydrogen-bond acceptors (Lipinski definition) is 4. The molecule has 0 aromatic heterocycles. The van der Waals surface area contributed by atoms with Gasteiger partial charge in [0.05, 0.1) is 15.0 Å². The predicted molar refractivity (Wildman–Crippen MR) is 144 cm³/mol. The molecule has 0 aliphatic carbocycles. The molecule has 0 unspecified atom stereocenters. The van der Waals surface area contributed by atoms with Crippen LogP contribution in [0.4, 0.5) is 5.69 Å². The third kappa shape index (κ3) is 6.15. The molecule has 0 bridgehead atoms. The number of benzene rings is 3. The van der Waals surface area contributed by atoms with Crippen molar-refractivity contribution in [2.75, 3.05) is 5.32 Å². The van der Waals surface area contributed by atoms with Crippen molar-refractivity contribution in [3.05, 3.63) is 96.3 Å². The van der Waals surface area contributed by atoms with Gasteiger partial charge in [0.1, 0.15) is 6.61 Å². The second-order valence-electron chi connectivity index (χ2n) is 7.51. The Bertz CT molecular complexity index is 1230. The van der Waals surface area contributed by atoms with E-state index in [2.05, 4.69) is 29.7 Å². The molecular weight excluding hydrogens is 534 g/mol. The van der Waals surface area contributed by atoms with Crippen LogP contribution >= 0.6 is 58.2 Å². The van der Waals surface area contributed by atoms with E-state index in [0.717, 1.165) is 17.7 Å². The molecule has 1 aliphatic heterocycles. The fraction of sp³-hybridized carbons (Fsp3) is 0.160. The van der Waals surface area contributed by atoms with E-state index in [-0.39, 0.29) is 18.0 Å². The van der Waals surface area contributed by atoms with Crippen molar-refractivity contribution in [2.45, 2.75) is 25.4 Å². The molecule has 3 aromatic carbocycles. The molecule has 4 rings (SSSR count). The average molecular weight is 554 g/mol. The molecule has 1 atom stereocenters. The Kier molecular flexibility index (Phi) is 8.22. The summed E-state index contributed by atoms with van der Waals surface area (Å²) in [5.41, 5.74) is 3.36. The van der Waals surface area contributed by atoms with Crippen LogP contribution in [0.2, 0.25) is 20.1 Å². The lowest BCUT2D eigenvalue weighted by atomic mass is 10.1. The highest BCUT2D eigenvalue weighted by atomic mass is 35.5. The molecule has 2 N–H and O–H groups in total. The Labute approximate surface area is 222 Å². The third-order valence-electron chi connectivity index (χ3n) is 5.10. The quantitative estimate of drug-likeness (QED) is 0.291. The summed E-state index contributed by atoms with van der Waals surface area (Å²) in [7, 11) is 0. The normalized spacial score (nSPS) is 16.6. The summed E-state index contributed by atoms with van der Waals surface area (Å²) in [5, 5.41) is 7.93. The highest BCUT2D eigenvalue weighted by Gasteiger charge is 2.27. The lowest BCUT2D eigenvalue weighted by Crippen LogP contribution is -2.30. The maximum Gasteiger partial charge on any atom is 0.260 e. The molecule has 1 aliphatic rings. The van der Waals surface area contributed by atoms with Gasteiger partial charge < -0.3 is 15.4 Å². The second-order valence-corrected chi connectivity index (χ2v) is 10.3. The van der Waals surface area contributed by atoms with Gasteiger partial charge in [0.2, 0.25) is 0 Å². The van der Waals surface area contributed by atoms with Crippen molar-refractivity contribution in [3.8, 4) is 5.75 Å². The Hall–Kier alpha value is -2.02. The van der Waals surface area contributed by atoms with Crippen LogP contribution in [0.3, 0.4) is 0 Å². The SMILES string of the molecule is CCc1ccc(N[C@H]2NC(=O)/C(=C/c3cc(Cl)c(OCc4ccc(Cl)cc4Cl)c(Cl)c3)S2)cc1. The molecule has 1 amide bonds. The van der Waals surface area contributed by atoms with Crippen LogP contribution in [0.5, 0.6) is 5.75 Å². The van der Waals surface area contributed by atoms with Crippen LogP contribution < -0.4 is 15.4 Å². The maximum absolute atomic E-state index is 12.5. The molecule has 0 radical (unpaired) electrons. The fourth-order valence-electron chi connectivity index (χ4n) is 3.29. The Morgan fingerprint density at radius 3 is 2.35 bits per heavy atom. The summed E-state index contributed by atoms with van der Waals surface area (Å²) in [6, 6.07) is 16.7. The summed E-state index contributed by atoms with van der Waals surface area (Å²) in [5.74, 6) is 0.174. The van der Waals surface area contributed by atoms with Gasteiger partial charge in [-0.3, -0.25) is 4.79 Å². The monoisotopic (exact) mass is 552 g/mol. The van der Waals surface area contributed by atoms with Gasteiger partial charge in [-0.2, -0.15) is 0 Å². The molecular formula is C25H20Cl4N2O2S. The summed E-state index contributed by atoms with van der Waals surface area (Å²) in [6.07, 6.45) is 2.73. The number of hydrogen-bond donors (Lipinski definition) is 2. The van der Waals surface area contributed by atoms with E-state index in [1.807, 2.05) is 12.1 Å². The lowest BCUT2D eigenvalue weighted by Gasteiger charge is -2.13. The number of amides is 1. The van der Waals surface area contributed by atoms with Crippen molar-refractivity contribution in [1.29, 1.82) is 0 Å². The van der Waals surface area contributed by atoms with Gasteiger partial charge in [0, 0.05) is 21.3 Å². The van der Waals surface area contributed by atoms with Gasteiger partial charge in [-0.15, -0.1) is 0 Å². The molecule has 1 heterocycles. The van der Waals surface area contributed by atoms with Crippen molar-refractivity contribution in [2.24, 2.45) is 0 Å². The first-order valence-electron chi connectivity index (χ1n) is 10.4. The number of anilines is 1. The first-order valence-corrected chi connectivity index (χ1v) is 12.8. The van der Waals surface area contributed by atoms with E-state index in [1.165, 1.54) is 17.3 Å². The van der Waals surface area contributed by atoms with Crippen LogP contribution in [0.1, 0.15) is 23.6 Å². The average Bonchev–Trinajstić information content (AvgIpc) is 3.13. The van der Waals surface area contributed by atoms with Crippen LogP contribution in [-0.4, -0.2) is 11.4 Å². The first-order chi connectivity index (χ1) is 16.3. The van der Waals surface area contributed by atoms with Crippen LogP contribution in [0.15, 0.2) is 59.5 Å². The largest absolute Gasteiger partial charge is 0.486 e. The van der Waals surface area contributed by atoms with E-state index in [1.54, 1.807) is 36.4 Å². The molecule has 0 saturated carbocycles. The molecule has 1 saturated heterocycles. The van der Waals surface area contributed by atoms with Gasteiger partial charge in [0.15, 0.2) is 11.2 Å². The minimum atomic E-state index is -0.274. The molecule has 1 fully saturated rings. The van der Waals surface area contributed by atoms with Crippen molar-refractivity contribution >= 4 is 75.8 Å². The zero-order valence-corrected chi connectivity index (χ0v) is 21.8. The summed E-state index contributed by atoms with van der Waals surface area (Å²) >= 11 is 26.4. The fourth-order valence-corrected chi connectivity index (χ4v) is 5.36. The van der Waals surface area contributed by atoms with E-state index in [4.69, 9.17) is 51.1 Å². The maximum atomic E-state index is 12.5. The minimum Gasteiger partial charge on any atom is -0.486 e. The number of nitrogens with one attached hydrogen (secondary N) is 2. The number of halogens is 4. The van der Waals surface area contributed by atoms with Crippen molar-refractivity contribution in [1.82, 2.24) is 5.32 Å². The van der Waals surface area contributed by atoms with Crippen LogP contribution in [0.25, 0.3) is 6.08 Å². The van der Waals surface area contributed by atoms with Crippen LogP contribution in [-0.2, 0) is 17.8 Å². The first kappa shape index (κ1) is 25.1. The second kappa shape index (κ2) is 11.1. The number of carbonyl (C=O) groups excluding carboxylic acids is 1. The number of thioether (sulfide) groups is 1. The Morgan fingerprint density at radius 1 is 1.00 bits per heavy atom. The van der Waals surface area contributed by atoms with Crippen molar-refractivity contribution < 1.29 is 9.53 Å². The highest BCUT2D eigenvalue weighted by molar-refractivity contribution is 8.05. The lowest BCUT2D eigenvalue weighted by molar-refractivity contribution is -0.116. The molecule has 0 spiro atoms. The summed E-state index contributed by atoms with van der Waals surface area (Å²) in [4.78, 5) is 13.0. The summed E-state index contributed by atoms with van der Waals surface area (Å²) in [6.45, 7) is 2.29. The van der Waals surface area contributed by atoms with Gasteiger partial charge >= 0.3 is 0 Å². The smallest absolute Gasteiger partial charge is 0.260 e. The predicted octanol–water partition coefficient (Wildman–Crippen LogP) is 8.04. The molecule has 176 valence electrons. The Morgan fingerprint density at radius 2 is 1.71 bits per heavy atom. The number of carbonyl (C=O) groups is 1. The van der Waals surface area contributed by atoms with Gasteiger partial charge in [-0.25, -0.2) is 0 Å². The van der Waals surface area contributed by atoms with Crippen molar-refractivity contribution in [3.63, 3.8) is 0 Å². The van der Waals surface area contributed by atoms with Gasteiger partial charge in [-0.05, 0) is 60.0 Å². The van der Waals surface area contributed by atoms with Gasteiger partial charge in [-0.1, -0.05) is 83.3 Å². The minimum absolute atomic E-state index is 0.169. The topological polar surface area (TPSA) is 50.4 Å². The van der Waals surface area contributed by atoms with Gasteiger partial charge in [0.25, 0.3) is 5.91 Å².